The first-order chi connectivity index (χ1) is 19.2. The average molecular weight is 563 g/mol. The van der Waals surface area contributed by atoms with Crippen LogP contribution in [0.3, 0.4) is 0 Å². The summed E-state index contributed by atoms with van der Waals surface area (Å²) in [5.41, 5.74) is 3.21. The minimum Gasteiger partial charge on any atom is -0.386 e. The molecule has 6 nitrogen and oxygen atoms in total. The van der Waals surface area contributed by atoms with E-state index in [0.29, 0.717) is 19.8 Å². The molecule has 0 N–H and O–H groups in total. The van der Waals surface area contributed by atoms with Crippen LogP contribution in [0.2, 0.25) is 18.1 Å². The number of benzene rings is 3. The van der Waals surface area contributed by atoms with E-state index in [2.05, 4.69) is 58.1 Å². The molecular weight excluding hydrogens is 520 g/mol. The summed E-state index contributed by atoms with van der Waals surface area (Å²) in [6, 6.07) is 30.4. The van der Waals surface area contributed by atoms with Crippen molar-refractivity contribution in [3.63, 3.8) is 0 Å². The Labute approximate surface area is 239 Å². The Kier molecular flexibility index (Phi) is 8.92. The van der Waals surface area contributed by atoms with Gasteiger partial charge in [-0.05, 0) is 34.8 Å². The molecular formula is C33H42O6Si. The van der Waals surface area contributed by atoms with Gasteiger partial charge in [0.25, 0.3) is 0 Å². The number of ether oxygens (including phenoxy) is 5. The fraction of sp³-hybridized carbons (Fsp3) is 0.455. The maximum atomic E-state index is 7.05. The van der Waals surface area contributed by atoms with Crippen LogP contribution in [0.5, 0.6) is 0 Å². The zero-order valence-electron chi connectivity index (χ0n) is 24.2. The van der Waals surface area contributed by atoms with Crippen molar-refractivity contribution in [2.75, 3.05) is 6.61 Å². The van der Waals surface area contributed by atoms with Crippen LogP contribution in [0.1, 0.15) is 37.5 Å². The smallest absolute Gasteiger partial charge is 0.215 e. The second-order valence-electron chi connectivity index (χ2n) is 12.2. The molecule has 2 heterocycles. The van der Waals surface area contributed by atoms with Gasteiger partial charge in [-0.1, -0.05) is 112 Å². The monoisotopic (exact) mass is 562 g/mol. The van der Waals surface area contributed by atoms with E-state index in [1.165, 1.54) is 0 Å². The highest BCUT2D eigenvalue weighted by Gasteiger charge is 2.64. The van der Waals surface area contributed by atoms with Gasteiger partial charge < -0.3 is 28.1 Å². The fourth-order valence-electron chi connectivity index (χ4n) is 4.92. The number of fused-ring (bicyclic) bond motifs is 2. The zero-order valence-corrected chi connectivity index (χ0v) is 25.2. The van der Waals surface area contributed by atoms with E-state index in [4.69, 9.17) is 28.1 Å². The van der Waals surface area contributed by atoms with Crippen molar-refractivity contribution in [1.82, 2.24) is 0 Å². The molecule has 40 heavy (non-hydrogen) atoms. The Balaban J connectivity index is 1.48. The molecule has 2 saturated heterocycles. The van der Waals surface area contributed by atoms with Crippen molar-refractivity contribution in [2.45, 2.75) is 89.1 Å². The third kappa shape index (κ3) is 6.58. The van der Waals surface area contributed by atoms with Crippen LogP contribution in [-0.4, -0.2) is 45.3 Å². The Morgan fingerprint density at radius 2 is 1.15 bits per heavy atom. The molecule has 0 amide bonds. The largest absolute Gasteiger partial charge is 0.386 e. The standard InChI is InChI=1S/C33H42O6Si/c1-32(2,3)40(4,5)39-33-24-37-31(38-33)29(35-22-26-17-11-7-12-18-26)28(34-21-25-15-9-6-10-16-25)30(33)36-23-27-19-13-8-14-20-27/h6-20,28-31H,21-24H2,1-5H3/t28-,29-,30+,31+,33-/m1/s1. The van der Waals surface area contributed by atoms with Gasteiger partial charge in [0.1, 0.15) is 24.9 Å². The van der Waals surface area contributed by atoms with Gasteiger partial charge >= 0.3 is 0 Å². The van der Waals surface area contributed by atoms with Gasteiger partial charge in [-0.2, -0.15) is 0 Å². The normalized spacial score (nSPS) is 26.6. The molecule has 0 aliphatic carbocycles. The first-order valence-electron chi connectivity index (χ1n) is 14.1. The van der Waals surface area contributed by atoms with E-state index < -0.39 is 38.7 Å². The molecule has 0 unspecified atom stereocenters. The minimum absolute atomic E-state index is 0.0335. The summed E-state index contributed by atoms with van der Waals surface area (Å²) in [7, 11) is -2.30. The van der Waals surface area contributed by atoms with Gasteiger partial charge in [0.15, 0.2) is 14.6 Å². The van der Waals surface area contributed by atoms with Gasteiger partial charge in [-0.3, -0.25) is 0 Å². The molecule has 0 aromatic heterocycles. The van der Waals surface area contributed by atoms with Gasteiger partial charge in [0, 0.05) is 0 Å². The summed E-state index contributed by atoms with van der Waals surface area (Å²) in [6.07, 6.45) is -2.21. The first kappa shape index (κ1) is 29.1. The molecule has 2 fully saturated rings. The molecule has 5 atom stereocenters. The molecule has 0 spiro atoms. The van der Waals surface area contributed by atoms with Crippen molar-refractivity contribution >= 4 is 8.32 Å². The molecule has 3 aromatic rings. The molecule has 5 rings (SSSR count). The van der Waals surface area contributed by atoms with Crippen LogP contribution in [0, 0.1) is 0 Å². The summed E-state index contributed by atoms with van der Waals surface area (Å²) >= 11 is 0. The Morgan fingerprint density at radius 1 is 0.700 bits per heavy atom. The quantitative estimate of drug-likeness (QED) is 0.238. The maximum Gasteiger partial charge on any atom is 0.215 e. The summed E-state index contributed by atoms with van der Waals surface area (Å²) in [5, 5.41) is -0.0335. The van der Waals surface area contributed by atoms with Gasteiger partial charge in [0.05, 0.1) is 19.8 Å². The van der Waals surface area contributed by atoms with Crippen molar-refractivity contribution in [2.24, 2.45) is 0 Å². The third-order valence-electron chi connectivity index (χ3n) is 8.17. The Hall–Kier alpha value is -2.36. The van der Waals surface area contributed by atoms with Crippen LogP contribution in [0.25, 0.3) is 0 Å². The summed E-state index contributed by atoms with van der Waals surface area (Å²) in [4.78, 5) is 0. The number of hydrogen-bond acceptors (Lipinski definition) is 6. The lowest BCUT2D eigenvalue weighted by Gasteiger charge is -2.50. The van der Waals surface area contributed by atoms with Crippen LogP contribution in [0.15, 0.2) is 91.0 Å². The number of rotatable bonds is 11. The predicted molar refractivity (Wildman–Crippen MR) is 157 cm³/mol. The Bertz CT molecular complexity index is 1200. The predicted octanol–water partition coefficient (Wildman–Crippen LogP) is 6.85. The van der Waals surface area contributed by atoms with Crippen LogP contribution >= 0.6 is 0 Å². The zero-order chi connectivity index (χ0) is 28.2. The Morgan fingerprint density at radius 3 is 1.62 bits per heavy atom. The van der Waals surface area contributed by atoms with Gasteiger partial charge in [-0.15, -0.1) is 0 Å². The highest BCUT2D eigenvalue weighted by Crippen LogP contribution is 2.47. The van der Waals surface area contributed by atoms with E-state index in [1.807, 2.05) is 66.7 Å². The van der Waals surface area contributed by atoms with Crippen molar-refractivity contribution < 1.29 is 28.1 Å². The summed E-state index contributed by atoms with van der Waals surface area (Å²) < 4.78 is 40.0. The lowest BCUT2D eigenvalue weighted by molar-refractivity contribution is -0.339. The topological polar surface area (TPSA) is 55.4 Å². The fourth-order valence-corrected chi connectivity index (χ4v) is 6.31. The molecule has 2 aliphatic heterocycles. The van der Waals surface area contributed by atoms with Crippen molar-refractivity contribution in [3.05, 3.63) is 108 Å². The molecule has 214 valence electrons. The molecule has 7 heteroatoms. The summed E-state index contributed by atoms with van der Waals surface area (Å²) in [5.74, 6) is -1.10. The lowest BCUT2D eigenvalue weighted by atomic mass is 9.97. The van der Waals surface area contributed by atoms with Crippen LogP contribution < -0.4 is 0 Å². The van der Waals surface area contributed by atoms with E-state index >= 15 is 0 Å². The molecule has 2 aliphatic rings. The van der Waals surface area contributed by atoms with Gasteiger partial charge in [0.2, 0.25) is 5.79 Å². The second kappa shape index (κ2) is 12.2. The highest BCUT2D eigenvalue weighted by atomic mass is 28.4. The molecule has 0 radical (unpaired) electrons. The van der Waals surface area contributed by atoms with Crippen molar-refractivity contribution in [3.8, 4) is 0 Å². The lowest BCUT2D eigenvalue weighted by Crippen LogP contribution is -2.67. The van der Waals surface area contributed by atoms with Crippen molar-refractivity contribution in [1.29, 1.82) is 0 Å². The first-order valence-corrected chi connectivity index (χ1v) is 17.0. The maximum absolute atomic E-state index is 7.05. The van der Waals surface area contributed by atoms with E-state index in [9.17, 15) is 0 Å². The third-order valence-corrected chi connectivity index (χ3v) is 12.6. The van der Waals surface area contributed by atoms with Gasteiger partial charge in [-0.25, -0.2) is 0 Å². The van der Waals surface area contributed by atoms with Crippen LogP contribution in [-0.2, 0) is 47.9 Å². The van der Waals surface area contributed by atoms with E-state index in [0.717, 1.165) is 16.7 Å². The van der Waals surface area contributed by atoms with E-state index in [1.54, 1.807) is 0 Å². The SMILES string of the molecule is CC(C)(C)[Si](C)(C)O[C@@]12CO[C@@H](O1)[C@H](OCc1ccccc1)[C@@H](OCc1ccccc1)[C@@H]2OCc1ccccc1. The van der Waals surface area contributed by atoms with E-state index in [-0.39, 0.29) is 11.6 Å². The minimum atomic E-state index is -2.30. The summed E-state index contributed by atoms with van der Waals surface area (Å²) in [6.45, 7) is 12.6. The second-order valence-corrected chi connectivity index (χ2v) is 16.9. The number of hydrogen-bond donors (Lipinski definition) is 0. The van der Waals surface area contributed by atoms with Crippen LogP contribution in [0.4, 0.5) is 0 Å². The molecule has 2 bridgehead atoms. The molecule has 0 saturated carbocycles. The average Bonchev–Trinajstić information content (AvgIpc) is 3.31. The molecule has 3 aromatic carbocycles. The highest BCUT2D eigenvalue weighted by molar-refractivity contribution is 6.74.